The third-order valence-electron chi connectivity index (χ3n) is 2.95. The number of halogens is 1. The van der Waals surface area contributed by atoms with Gasteiger partial charge in [0.05, 0.1) is 23.6 Å². The van der Waals surface area contributed by atoms with Gasteiger partial charge >= 0.3 is 5.97 Å². The number of benzene rings is 1. The number of ether oxygens (including phenoxy) is 2. The van der Waals surface area contributed by atoms with Crippen LogP contribution in [0.15, 0.2) is 33.4 Å². The summed E-state index contributed by atoms with van der Waals surface area (Å²) in [4.78, 5) is 23.7. The van der Waals surface area contributed by atoms with Crippen LogP contribution in [-0.4, -0.2) is 26.1 Å². The fraction of sp³-hybridized carbons (Fsp3) is 0.200. The molecule has 2 aromatic rings. The monoisotopic (exact) mass is 383 g/mol. The number of hydrogen-bond donors (Lipinski definition) is 1. The van der Waals surface area contributed by atoms with E-state index >= 15 is 0 Å². The molecule has 1 N–H and O–H groups in total. The van der Waals surface area contributed by atoms with E-state index in [0.29, 0.717) is 23.4 Å². The van der Waals surface area contributed by atoms with Gasteiger partial charge in [-0.25, -0.2) is 4.79 Å². The second-order valence-corrected chi connectivity index (χ2v) is 6.64. The highest BCUT2D eigenvalue weighted by atomic mass is 79.9. The van der Waals surface area contributed by atoms with Gasteiger partial charge in [0.1, 0.15) is 11.3 Å². The standard InChI is InChI=1S/C15H14BrNO4S/c1-20-12-4-3-9(5-11(12)15(19)21-2)7-17-14(18)10-6-13(16)22-8-10/h3-6,8H,7H2,1-2H3,(H,17,18). The van der Waals surface area contributed by atoms with Gasteiger partial charge < -0.3 is 14.8 Å². The highest BCUT2D eigenvalue weighted by molar-refractivity contribution is 9.11. The highest BCUT2D eigenvalue weighted by Crippen LogP contribution is 2.22. The van der Waals surface area contributed by atoms with E-state index in [0.717, 1.165) is 9.35 Å². The van der Waals surface area contributed by atoms with Crippen LogP contribution < -0.4 is 10.1 Å². The molecule has 22 heavy (non-hydrogen) atoms. The first-order valence-corrected chi connectivity index (χ1v) is 8.00. The van der Waals surface area contributed by atoms with Gasteiger partial charge in [0, 0.05) is 11.9 Å². The maximum atomic E-state index is 12.0. The molecule has 1 amide bonds. The average molecular weight is 384 g/mol. The molecular formula is C15H14BrNO4S. The summed E-state index contributed by atoms with van der Waals surface area (Å²) < 4.78 is 10.7. The molecule has 1 aromatic heterocycles. The number of rotatable bonds is 5. The van der Waals surface area contributed by atoms with Gasteiger partial charge in [0.25, 0.3) is 5.91 Å². The van der Waals surface area contributed by atoms with Crippen molar-refractivity contribution >= 4 is 39.1 Å². The van der Waals surface area contributed by atoms with E-state index < -0.39 is 5.97 Å². The van der Waals surface area contributed by atoms with Crippen LogP contribution >= 0.6 is 27.3 Å². The van der Waals surface area contributed by atoms with E-state index in [4.69, 9.17) is 9.47 Å². The lowest BCUT2D eigenvalue weighted by Gasteiger charge is -2.10. The predicted molar refractivity (Wildman–Crippen MR) is 87.5 cm³/mol. The van der Waals surface area contributed by atoms with Crippen LogP contribution in [0, 0.1) is 0 Å². The van der Waals surface area contributed by atoms with Crippen molar-refractivity contribution in [2.75, 3.05) is 14.2 Å². The molecule has 0 bridgehead atoms. The number of nitrogens with one attached hydrogen (secondary N) is 1. The van der Waals surface area contributed by atoms with Crippen molar-refractivity contribution in [3.05, 3.63) is 50.1 Å². The maximum absolute atomic E-state index is 12.0. The molecule has 0 saturated carbocycles. The van der Waals surface area contributed by atoms with Gasteiger partial charge in [-0.2, -0.15) is 0 Å². The van der Waals surface area contributed by atoms with Crippen molar-refractivity contribution in [2.45, 2.75) is 6.54 Å². The summed E-state index contributed by atoms with van der Waals surface area (Å²) in [6, 6.07) is 6.87. The Kier molecular flexibility index (Phi) is 5.57. The lowest BCUT2D eigenvalue weighted by molar-refractivity contribution is 0.0597. The van der Waals surface area contributed by atoms with Crippen molar-refractivity contribution in [3.8, 4) is 5.75 Å². The van der Waals surface area contributed by atoms with Gasteiger partial charge in [-0.15, -0.1) is 11.3 Å². The molecule has 0 radical (unpaired) electrons. The van der Waals surface area contributed by atoms with Crippen molar-refractivity contribution in [2.24, 2.45) is 0 Å². The Morgan fingerprint density at radius 1 is 1.27 bits per heavy atom. The number of hydrogen-bond acceptors (Lipinski definition) is 5. The van der Waals surface area contributed by atoms with E-state index in [-0.39, 0.29) is 5.91 Å². The first-order valence-electron chi connectivity index (χ1n) is 6.32. The molecule has 7 heteroatoms. The van der Waals surface area contributed by atoms with Crippen molar-refractivity contribution in [3.63, 3.8) is 0 Å². The molecule has 0 unspecified atom stereocenters. The zero-order chi connectivity index (χ0) is 16.1. The topological polar surface area (TPSA) is 64.6 Å². The van der Waals surface area contributed by atoms with E-state index in [2.05, 4.69) is 21.2 Å². The van der Waals surface area contributed by atoms with Crippen LogP contribution in [0.25, 0.3) is 0 Å². The van der Waals surface area contributed by atoms with Crippen molar-refractivity contribution in [1.29, 1.82) is 0 Å². The Morgan fingerprint density at radius 2 is 2.05 bits per heavy atom. The smallest absolute Gasteiger partial charge is 0.341 e. The highest BCUT2D eigenvalue weighted by Gasteiger charge is 2.14. The summed E-state index contributed by atoms with van der Waals surface area (Å²) in [5, 5.41) is 4.58. The Morgan fingerprint density at radius 3 is 2.64 bits per heavy atom. The molecule has 2 rings (SSSR count). The van der Waals surface area contributed by atoms with Crippen molar-refractivity contribution in [1.82, 2.24) is 5.32 Å². The van der Waals surface area contributed by atoms with Crippen LogP contribution in [0.5, 0.6) is 5.75 Å². The minimum Gasteiger partial charge on any atom is -0.496 e. The van der Waals surface area contributed by atoms with E-state index in [9.17, 15) is 9.59 Å². The van der Waals surface area contributed by atoms with E-state index in [1.807, 2.05) is 0 Å². The third kappa shape index (κ3) is 3.86. The molecular weight excluding hydrogens is 370 g/mol. The second kappa shape index (κ2) is 7.42. The molecule has 0 aliphatic heterocycles. The van der Waals surface area contributed by atoms with Crippen LogP contribution in [-0.2, 0) is 11.3 Å². The normalized spacial score (nSPS) is 10.1. The maximum Gasteiger partial charge on any atom is 0.341 e. The number of thiophene rings is 1. The van der Waals surface area contributed by atoms with Crippen LogP contribution in [0.2, 0.25) is 0 Å². The Labute approximate surface area is 140 Å². The molecule has 116 valence electrons. The van der Waals surface area contributed by atoms with E-state index in [1.165, 1.54) is 25.6 Å². The quantitative estimate of drug-likeness (QED) is 0.804. The predicted octanol–water partition coefficient (Wildman–Crippen LogP) is 3.24. The fourth-order valence-corrected chi connectivity index (χ4v) is 2.98. The second-order valence-electron chi connectivity index (χ2n) is 4.35. The molecule has 0 fully saturated rings. The summed E-state index contributed by atoms with van der Waals surface area (Å²) >= 11 is 4.77. The number of carbonyl (C=O) groups excluding carboxylic acids is 2. The summed E-state index contributed by atoms with van der Waals surface area (Å²) in [6.07, 6.45) is 0. The Bertz CT molecular complexity index is 699. The van der Waals surface area contributed by atoms with Gasteiger partial charge in [0.15, 0.2) is 0 Å². The molecule has 0 spiro atoms. The molecule has 0 atom stereocenters. The minimum absolute atomic E-state index is 0.169. The first-order chi connectivity index (χ1) is 10.5. The zero-order valence-electron chi connectivity index (χ0n) is 12.0. The average Bonchev–Trinajstić information content (AvgIpc) is 2.98. The summed E-state index contributed by atoms with van der Waals surface area (Å²) in [6.45, 7) is 0.306. The summed E-state index contributed by atoms with van der Waals surface area (Å²) in [5.74, 6) is -0.215. The molecule has 0 aliphatic rings. The zero-order valence-corrected chi connectivity index (χ0v) is 14.4. The third-order valence-corrected chi connectivity index (χ3v) is 4.46. The minimum atomic E-state index is -0.480. The van der Waals surface area contributed by atoms with Gasteiger partial charge in [-0.05, 0) is 39.7 Å². The van der Waals surface area contributed by atoms with Gasteiger partial charge in [-0.1, -0.05) is 6.07 Å². The van der Waals surface area contributed by atoms with E-state index in [1.54, 1.807) is 29.6 Å². The number of methoxy groups -OCH3 is 2. The first kappa shape index (κ1) is 16.5. The van der Waals surface area contributed by atoms with Gasteiger partial charge in [0.2, 0.25) is 0 Å². The SMILES string of the molecule is COC(=O)c1cc(CNC(=O)c2csc(Br)c2)ccc1OC. The largest absolute Gasteiger partial charge is 0.496 e. The van der Waals surface area contributed by atoms with Crippen LogP contribution in [0.3, 0.4) is 0 Å². The lowest BCUT2D eigenvalue weighted by Crippen LogP contribution is -2.22. The molecule has 1 aromatic carbocycles. The van der Waals surface area contributed by atoms with Crippen LogP contribution in [0.1, 0.15) is 26.3 Å². The summed E-state index contributed by atoms with van der Waals surface area (Å²) in [7, 11) is 2.79. The fourth-order valence-electron chi connectivity index (χ4n) is 1.85. The molecule has 0 saturated heterocycles. The molecule has 5 nitrogen and oxygen atoms in total. The number of esters is 1. The lowest BCUT2D eigenvalue weighted by atomic mass is 10.1. The number of carbonyl (C=O) groups is 2. The molecule has 1 heterocycles. The Hall–Kier alpha value is -1.86. The van der Waals surface area contributed by atoms with Crippen molar-refractivity contribution < 1.29 is 19.1 Å². The Balaban J connectivity index is 2.10. The summed E-state index contributed by atoms with van der Waals surface area (Å²) in [5.41, 5.74) is 1.71. The number of amides is 1. The van der Waals surface area contributed by atoms with Crippen LogP contribution in [0.4, 0.5) is 0 Å². The molecule has 0 aliphatic carbocycles. The van der Waals surface area contributed by atoms with Gasteiger partial charge in [-0.3, -0.25) is 4.79 Å².